The Morgan fingerprint density at radius 3 is 1.86 bits per heavy atom. The van der Waals surface area contributed by atoms with Crippen LogP contribution in [-0.4, -0.2) is 0 Å². The van der Waals surface area contributed by atoms with E-state index in [1.807, 2.05) is 0 Å². The Kier molecular flexibility index (Phi) is 4.37. The number of benzene rings is 2. The van der Waals surface area contributed by atoms with Crippen LogP contribution in [0.4, 0.5) is 26.3 Å². The van der Waals surface area contributed by atoms with Gasteiger partial charge in [-0.15, -0.1) is 0 Å². The van der Waals surface area contributed by atoms with Gasteiger partial charge in [0.05, 0.1) is 11.1 Å². The quantitative estimate of drug-likeness (QED) is 0.511. The molecule has 0 unspecified atom stereocenters. The maximum absolute atomic E-state index is 13.0. The van der Waals surface area contributed by atoms with E-state index < -0.39 is 34.6 Å². The highest BCUT2D eigenvalue weighted by molar-refractivity contribution is 6.31. The fraction of sp³-hybridized carbons (Fsp3) is 0.143. The summed E-state index contributed by atoms with van der Waals surface area (Å²) in [5.74, 6) is 0. The molecule has 0 fully saturated rings. The first-order chi connectivity index (χ1) is 10.00. The zero-order valence-electron chi connectivity index (χ0n) is 10.4. The topological polar surface area (TPSA) is 0 Å². The van der Waals surface area contributed by atoms with Gasteiger partial charge in [0.1, 0.15) is 0 Å². The second kappa shape index (κ2) is 5.66. The van der Waals surface area contributed by atoms with Gasteiger partial charge in [0.25, 0.3) is 0 Å². The zero-order valence-corrected chi connectivity index (χ0v) is 11.9. The third-order valence-corrected chi connectivity index (χ3v) is 3.25. The lowest BCUT2D eigenvalue weighted by molar-refractivity contribution is -0.139. The van der Waals surface area contributed by atoms with Crippen molar-refractivity contribution in [2.24, 2.45) is 0 Å². The lowest BCUT2D eigenvalue weighted by Gasteiger charge is -2.18. The first-order valence-corrected chi connectivity index (χ1v) is 6.41. The molecule has 0 nitrogen and oxygen atoms in total. The van der Waals surface area contributed by atoms with Gasteiger partial charge >= 0.3 is 12.4 Å². The molecule has 0 heterocycles. The highest BCUT2D eigenvalue weighted by Crippen LogP contribution is 2.44. The van der Waals surface area contributed by atoms with Gasteiger partial charge in [-0.25, -0.2) is 0 Å². The molecule has 0 aromatic heterocycles. The lowest BCUT2D eigenvalue weighted by atomic mass is 9.94. The SMILES string of the molecule is FC(F)(F)c1c[c]c(Cl)cc1-c1cc(Cl)ccc1C(F)(F)F. The number of hydrogen-bond donors (Lipinski definition) is 0. The number of hydrogen-bond acceptors (Lipinski definition) is 0. The Labute approximate surface area is 131 Å². The first-order valence-electron chi connectivity index (χ1n) is 5.65. The minimum absolute atomic E-state index is 0.125. The monoisotopic (exact) mass is 357 g/mol. The van der Waals surface area contributed by atoms with Crippen molar-refractivity contribution in [2.75, 3.05) is 0 Å². The van der Waals surface area contributed by atoms with Crippen molar-refractivity contribution < 1.29 is 26.3 Å². The zero-order chi connectivity index (χ0) is 16.7. The number of rotatable bonds is 1. The van der Waals surface area contributed by atoms with Crippen molar-refractivity contribution >= 4 is 23.2 Å². The number of alkyl halides is 6. The maximum atomic E-state index is 13.0. The molecule has 8 heteroatoms. The number of halogens is 8. The second-order valence-corrected chi connectivity index (χ2v) is 5.14. The van der Waals surface area contributed by atoms with E-state index in [4.69, 9.17) is 23.2 Å². The molecule has 2 rings (SSSR count). The normalized spacial score (nSPS) is 12.5. The summed E-state index contributed by atoms with van der Waals surface area (Å²) in [6.45, 7) is 0. The molecular weight excluding hydrogens is 353 g/mol. The van der Waals surface area contributed by atoms with Gasteiger partial charge in [-0.2, -0.15) is 26.3 Å². The molecule has 0 saturated carbocycles. The Hall–Kier alpha value is -1.40. The van der Waals surface area contributed by atoms with E-state index in [-0.39, 0.29) is 10.0 Å². The molecule has 2 aromatic rings. The standard InChI is InChI=1S/C14H5Cl2F6/c15-7-1-3-11(13(17,18)19)9(5-7)10-6-8(16)2-4-12(10)14(20,21)22/h1,3-6H. The molecule has 0 aliphatic heterocycles. The van der Waals surface area contributed by atoms with E-state index >= 15 is 0 Å². The van der Waals surface area contributed by atoms with Crippen LogP contribution >= 0.6 is 23.2 Å². The van der Waals surface area contributed by atoms with Gasteiger partial charge in [-0.1, -0.05) is 23.2 Å². The largest absolute Gasteiger partial charge is 0.417 e. The van der Waals surface area contributed by atoms with Crippen LogP contribution in [0.5, 0.6) is 0 Å². The van der Waals surface area contributed by atoms with E-state index in [0.29, 0.717) is 12.1 Å². The summed E-state index contributed by atoms with van der Waals surface area (Å²) in [5.41, 5.74) is -3.90. The van der Waals surface area contributed by atoms with Gasteiger partial charge in [-0.05, 0) is 41.5 Å². The summed E-state index contributed by atoms with van der Waals surface area (Å²) in [6, 6.07) is 5.82. The fourth-order valence-electron chi connectivity index (χ4n) is 1.91. The van der Waals surface area contributed by atoms with Crippen molar-refractivity contribution in [2.45, 2.75) is 12.4 Å². The van der Waals surface area contributed by atoms with E-state index in [9.17, 15) is 26.3 Å². The molecule has 0 N–H and O–H groups in total. The Balaban J connectivity index is 2.82. The molecule has 0 bridgehead atoms. The maximum Gasteiger partial charge on any atom is 0.417 e. The molecule has 0 atom stereocenters. The van der Waals surface area contributed by atoms with Crippen molar-refractivity contribution in [3.8, 4) is 11.1 Å². The molecular formula is C14H5Cl2F6. The highest BCUT2D eigenvalue weighted by atomic mass is 35.5. The molecule has 0 spiro atoms. The summed E-state index contributed by atoms with van der Waals surface area (Å²) in [7, 11) is 0. The van der Waals surface area contributed by atoms with Gasteiger partial charge in [0.15, 0.2) is 0 Å². The van der Waals surface area contributed by atoms with Crippen LogP contribution in [0.25, 0.3) is 11.1 Å². The molecule has 0 amide bonds. The van der Waals surface area contributed by atoms with Crippen LogP contribution < -0.4 is 0 Å². The summed E-state index contributed by atoms with van der Waals surface area (Å²) < 4.78 is 78.1. The first kappa shape index (κ1) is 17.0. The van der Waals surface area contributed by atoms with Crippen molar-refractivity contribution in [3.05, 3.63) is 57.6 Å². The van der Waals surface area contributed by atoms with Crippen LogP contribution in [-0.2, 0) is 12.4 Å². The van der Waals surface area contributed by atoms with Gasteiger partial charge in [-0.3, -0.25) is 0 Å². The van der Waals surface area contributed by atoms with Crippen LogP contribution in [0.1, 0.15) is 11.1 Å². The van der Waals surface area contributed by atoms with Crippen LogP contribution in [0.3, 0.4) is 0 Å². The highest BCUT2D eigenvalue weighted by Gasteiger charge is 2.38. The average molecular weight is 358 g/mol. The summed E-state index contributed by atoms with van der Waals surface area (Å²) >= 11 is 11.2. The van der Waals surface area contributed by atoms with Crippen molar-refractivity contribution in [3.63, 3.8) is 0 Å². The Morgan fingerprint density at radius 1 is 0.773 bits per heavy atom. The van der Waals surface area contributed by atoms with Gasteiger partial charge < -0.3 is 0 Å². The molecule has 2 aromatic carbocycles. The van der Waals surface area contributed by atoms with Gasteiger partial charge in [0.2, 0.25) is 0 Å². The third-order valence-electron chi connectivity index (χ3n) is 2.80. The fourth-order valence-corrected chi connectivity index (χ4v) is 2.24. The van der Waals surface area contributed by atoms with E-state index in [1.165, 1.54) is 0 Å². The van der Waals surface area contributed by atoms with Crippen LogP contribution in [0.2, 0.25) is 10.0 Å². The van der Waals surface area contributed by atoms with Crippen LogP contribution in [0, 0.1) is 6.07 Å². The second-order valence-electron chi connectivity index (χ2n) is 4.29. The predicted molar refractivity (Wildman–Crippen MR) is 70.7 cm³/mol. The van der Waals surface area contributed by atoms with Crippen molar-refractivity contribution in [1.82, 2.24) is 0 Å². The Morgan fingerprint density at radius 2 is 1.32 bits per heavy atom. The predicted octanol–water partition coefficient (Wildman–Crippen LogP) is 6.50. The smallest absolute Gasteiger partial charge is 0.166 e. The summed E-state index contributed by atoms with van der Waals surface area (Å²) in [4.78, 5) is 0. The summed E-state index contributed by atoms with van der Waals surface area (Å²) in [5, 5.41) is -0.365. The van der Waals surface area contributed by atoms with E-state index in [2.05, 4.69) is 6.07 Å². The molecule has 117 valence electrons. The molecule has 0 aliphatic carbocycles. The van der Waals surface area contributed by atoms with E-state index in [1.54, 1.807) is 0 Å². The van der Waals surface area contributed by atoms with Gasteiger partial charge in [0, 0.05) is 16.1 Å². The Bertz CT molecular complexity index is 642. The van der Waals surface area contributed by atoms with Crippen LogP contribution in [0.15, 0.2) is 30.3 Å². The summed E-state index contributed by atoms with van der Waals surface area (Å²) in [6.07, 6.45) is -9.70. The lowest BCUT2D eigenvalue weighted by Crippen LogP contribution is -2.11. The molecule has 0 saturated heterocycles. The third kappa shape index (κ3) is 3.50. The minimum atomic E-state index is -4.86. The van der Waals surface area contributed by atoms with Crippen molar-refractivity contribution in [1.29, 1.82) is 0 Å². The minimum Gasteiger partial charge on any atom is -0.166 e. The molecule has 0 aliphatic rings. The average Bonchev–Trinajstić information content (AvgIpc) is 2.35. The molecule has 22 heavy (non-hydrogen) atoms. The van der Waals surface area contributed by atoms with E-state index in [0.717, 1.165) is 18.2 Å². The molecule has 1 radical (unpaired) electrons.